The second-order valence-corrected chi connectivity index (χ2v) is 8.11. The number of fused-ring (bicyclic) bond motifs is 1. The zero-order valence-electron chi connectivity index (χ0n) is 18.2. The van der Waals surface area contributed by atoms with Crippen molar-refractivity contribution in [3.8, 4) is 0 Å². The van der Waals surface area contributed by atoms with E-state index in [4.69, 9.17) is 9.90 Å². The molecule has 0 aliphatic carbocycles. The molecule has 1 aromatic heterocycles. The fourth-order valence-electron chi connectivity index (χ4n) is 3.87. The van der Waals surface area contributed by atoms with Gasteiger partial charge < -0.3 is 20.4 Å². The molecule has 0 spiro atoms. The van der Waals surface area contributed by atoms with Gasteiger partial charge in [0.15, 0.2) is 0 Å². The lowest BCUT2D eigenvalue weighted by Crippen LogP contribution is -2.42. The van der Waals surface area contributed by atoms with Crippen LogP contribution in [-0.4, -0.2) is 51.3 Å². The van der Waals surface area contributed by atoms with E-state index in [9.17, 15) is 18.0 Å². The summed E-state index contributed by atoms with van der Waals surface area (Å²) < 4.78 is 31.7. The van der Waals surface area contributed by atoms with Crippen LogP contribution in [-0.2, 0) is 11.3 Å². The van der Waals surface area contributed by atoms with Crippen LogP contribution < -0.4 is 11.0 Å². The zero-order valence-corrected chi connectivity index (χ0v) is 18.2. The van der Waals surface area contributed by atoms with Gasteiger partial charge in [0.2, 0.25) is 0 Å². The lowest BCUT2D eigenvalue weighted by molar-refractivity contribution is -0.192. The molecule has 0 bridgehead atoms. The molecule has 1 aliphatic heterocycles. The predicted octanol–water partition coefficient (Wildman–Crippen LogP) is 3.80. The molecule has 33 heavy (non-hydrogen) atoms. The summed E-state index contributed by atoms with van der Waals surface area (Å²) >= 11 is 0. The molecular weight excluding hydrogens is 437 g/mol. The molecule has 1 unspecified atom stereocenters. The molecule has 3 aromatic rings. The molecule has 2 aromatic carbocycles. The van der Waals surface area contributed by atoms with Crippen LogP contribution in [0.3, 0.4) is 0 Å². The summed E-state index contributed by atoms with van der Waals surface area (Å²) in [5.74, 6) is -2.76. The van der Waals surface area contributed by atoms with Crippen molar-refractivity contribution in [1.29, 1.82) is 0 Å². The second-order valence-electron chi connectivity index (χ2n) is 8.11. The molecular formula is C23H27F3N4O3. The monoisotopic (exact) mass is 464 g/mol. The number of halogens is 3. The first-order valence-corrected chi connectivity index (χ1v) is 10.7. The number of likely N-dealkylation sites (tertiary alicyclic amines) is 1. The molecule has 178 valence electrons. The number of imidazole rings is 1. The summed E-state index contributed by atoms with van der Waals surface area (Å²) in [6, 6.07) is 17.6. The summed E-state index contributed by atoms with van der Waals surface area (Å²) in [5.41, 5.74) is 4.18. The van der Waals surface area contributed by atoms with Crippen LogP contribution >= 0.6 is 0 Å². The Hall–Kier alpha value is -3.11. The highest BCUT2D eigenvalue weighted by molar-refractivity contribution is 5.75. The number of H-pyrrole nitrogens is 2. The maximum atomic E-state index is 11.4. The second kappa shape index (κ2) is 10.7. The van der Waals surface area contributed by atoms with Crippen molar-refractivity contribution >= 4 is 17.0 Å². The van der Waals surface area contributed by atoms with Gasteiger partial charge in [-0.25, -0.2) is 9.59 Å². The van der Waals surface area contributed by atoms with E-state index in [1.165, 1.54) is 24.0 Å². The molecule has 1 atom stereocenters. The van der Waals surface area contributed by atoms with E-state index in [0.29, 0.717) is 6.04 Å². The number of carbonyl (C=O) groups is 1. The summed E-state index contributed by atoms with van der Waals surface area (Å²) in [4.78, 5) is 28.5. The van der Waals surface area contributed by atoms with Gasteiger partial charge in [0.25, 0.3) is 0 Å². The highest BCUT2D eigenvalue weighted by Crippen LogP contribution is 2.21. The summed E-state index contributed by atoms with van der Waals surface area (Å²) in [6.45, 7) is 5.50. The van der Waals surface area contributed by atoms with Crippen LogP contribution in [0.5, 0.6) is 0 Å². The molecule has 2 heterocycles. The van der Waals surface area contributed by atoms with E-state index < -0.39 is 12.1 Å². The number of piperidine rings is 1. The van der Waals surface area contributed by atoms with Gasteiger partial charge in [-0.3, -0.25) is 4.90 Å². The number of alkyl halides is 3. The lowest BCUT2D eigenvalue weighted by Gasteiger charge is -2.34. The molecule has 0 amide bonds. The molecule has 1 aliphatic rings. The molecule has 0 saturated carbocycles. The van der Waals surface area contributed by atoms with E-state index in [2.05, 4.69) is 69.6 Å². The average Bonchev–Trinajstić information content (AvgIpc) is 3.15. The van der Waals surface area contributed by atoms with E-state index in [-0.39, 0.29) is 11.7 Å². The van der Waals surface area contributed by atoms with Gasteiger partial charge >= 0.3 is 17.8 Å². The number of carboxylic acid groups (broad SMARTS) is 1. The zero-order chi connectivity index (χ0) is 24.0. The maximum absolute atomic E-state index is 11.4. The quantitative estimate of drug-likeness (QED) is 0.460. The Bertz CT molecular complexity index is 1100. The van der Waals surface area contributed by atoms with E-state index in [0.717, 1.165) is 30.7 Å². The minimum atomic E-state index is -5.08. The van der Waals surface area contributed by atoms with Crippen LogP contribution in [0.25, 0.3) is 11.0 Å². The van der Waals surface area contributed by atoms with E-state index in [1.807, 2.05) is 6.07 Å². The van der Waals surface area contributed by atoms with Crippen molar-refractivity contribution in [2.24, 2.45) is 0 Å². The Morgan fingerprint density at radius 2 is 1.73 bits per heavy atom. The van der Waals surface area contributed by atoms with Crippen LogP contribution in [0.4, 0.5) is 13.2 Å². The third kappa shape index (κ3) is 7.19. The van der Waals surface area contributed by atoms with Gasteiger partial charge in [0.1, 0.15) is 0 Å². The minimum Gasteiger partial charge on any atom is -0.475 e. The Morgan fingerprint density at radius 1 is 1.12 bits per heavy atom. The standard InChI is InChI=1S/C21H26N4O.C2HF3O2/c1-15(17-7-8-19-20(13-17)24-21(26)23-19)22-18-9-11-25(12-10-18)14-16-5-3-2-4-6-16;3-2(4,5)1(6)7/h2-8,13,15,18,22H,9-12,14H2,1H3,(H2,23,24,26);(H,6,7). The maximum Gasteiger partial charge on any atom is 0.490 e. The van der Waals surface area contributed by atoms with Crippen LogP contribution in [0.2, 0.25) is 0 Å². The number of nitrogens with zero attached hydrogens (tertiary/aromatic N) is 1. The number of aromatic amines is 2. The van der Waals surface area contributed by atoms with E-state index in [1.54, 1.807) is 0 Å². The van der Waals surface area contributed by atoms with Gasteiger partial charge in [-0.05, 0) is 56.1 Å². The fraction of sp³-hybridized carbons (Fsp3) is 0.391. The number of aromatic nitrogens is 2. The van der Waals surface area contributed by atoms with Gasteiger partial charge in [0, 0.05) is 18.6 Å². The molecule has 4 rings (SSSR count). The van der Waals surface area contributed by atoms with Crippen molar-refractivity contribution in [1.82, 2.24) is 20.2 Å². The molecule has 1 saturated heterocycles. The highest BCUT2D eigenvalue weighted by Gasteiger charge is 2.38. The Labute approximate surface area is 188 Å². The highest BCUT2D eigenvalue weighted by atomic mass is 19.4. The number of hydrogen-bond donors (Lipinski definition) is 4. The number of benzene rings is 2. The first kappa shape index (κ1) is 24.5. The summed E-state index contributed by atoms with van der Waals surface area (Å²) in [6.07, 6.45) is -2.75. The summed E-state index contributed by atoms with van der Waals surface area (Å²) in [5, 5.41) is 10.9. The first-order valence-electron chi connectivity index (χ1n) is 10.7. The van der Waals surface area contributed by atoms with Gasteiger partial charge in [-0.15, -0.1) is 0 Å². The lowest BCUT2D eigenvalue weighted by atomic mass is 10.0. The van der Waals surface area contributed by atoms with Crippen LogP contribution in [0.15, 0.2) is 53.3 Å². The van der Waals surface area contributed by atoms with Crippen molar-refractivity contribution in [2.75, 3.05) is 13.1 Å². The van der Waals surface area contributed by atoms with Gasteiger partial charge in [-0.2, -0.15) is 13.2 Å². The number of nitrogens with one attached hydrogen (secondary N) is 3. The Kier molecular flexibility index (Phi) is 7.93. The summed E-state index contributed by atoms with van der Waals surface area (Å²) in [7, 11) is 0. The molecule has 4 N–H and O–H groups in total. The van der Waals surface area contributed by atoms with Crippen molar-refractivity contribution in [3.63, 3.8) is 0 Å². The largest absolute Gasteiger partial charge is 0.490 e. The van der Waals surface area contributed by atoms with Crippen molar-refractivity contribution in [3.05, 3.63) is 70.1 Å². The number of rotatable bonds is 5. The van der Waals surface area contributed by atoms with Gasteiger partial charge in [-0.1, -0.05) is 36.4 Å². The average molecular weight is 464 g/mol. The first-order chi connectivity index (χ1) is 15.6. The smallest absolute Gasteiger partial charge is 0.475 e. The molecule has 1 fully saturated rings. The number of aliphatic carboxylic acids is 1. The Morgan fingerprint density at radius 3 is 2.33 bits per heavy atom. The number of hydrogen-bond acceptors (Lipinski definition) is 4. The molecule has 7 nitrogen and oxygen atoms in total. The fourth-order valence-corrected chi connectivity index (χ4v) is 3.87. The van der Waals surface area contributed by atoms with Crippen LogP contribution in [0, 0.1) is 0 Å². The number of carboxylic acids is 1. The third-order valence-electron chi connectivity index (χ3n) is 5.60. The SMILES string of the molecule is CC(NC1CCN(Cc2ccccc2)CC1)c1ccc2[nH]c(=O)[nH]c2c1.O=C(O)C(F)(F)F. The van der Waals surface area contributed by atoms with Gasteiger partial charge in [0.05, 0.1) is 11.0 Å². The van der Waals surface area contributed by atoms with E-state index >= 15 is 0 Å². The predicted molar refractivity (Wildman–Crippen MR) is 119 cm³/mol. The van der Waals surface area contributed by atoms with Crippen LogP contribution in [0.1, 0.15) is 36.9 Å². The van der Waals surface area contributed by atoms with Crippen molar-refractivity contribution in [2.45, 2.75) is 44.6 Å². The normalized spacial score (nSPS) is 16.2. The third-order valence-corrected chi connectivity index (χ3v) is 5.60. The minimum absolute atomic E-state index is 0.149. The van der Waals surface area contributed by atoms with Crippen molar-refractivity contribution < 1.29 is 23.1 Å². The molecule has 10 heteroatoms. The molecule has 0 radical (unpaired) electrons. The topological polar surface area (TPSA) is 101 Å². The Balaban J connectivity index is 0.000000383.